The van der Waals surface area contributed by atoms with Crippen LogP contribution in [-0.4, -0.2) is 34.6 Å². The summed E-state index contributed by atoms with van der Waals surface area (Å²) in [5, 5.41) is 22.0. The third kappa shape index (κ3) is 4.75. The lowest BCUT2D eigenvalue weighted by Crippen LogP contribution is -2.34. The van der Waals surface area contributed by atoms with Gasteiger partial charge in [-0.15, -0.1) is 0 Å². The second-order valence-electron chi connectivity index (χ2n) is 4.34. The van der Waals surface area contributed by atoms with Crippen LogP contribution < -0.4 is 10.1 Å². The number of benzene rings is 1. The summed E-state index contributed by atoms with van der Waals surface area (Å²) in [6.45, 7) is 3.49. The van der Waals surface area contributed by atoms with Crippen molar-refractivity contribution < 1.29 is 24.4 Å². The van der Waals surface area contributed by atoms with E-state index in [1.807, 2.05) is 0 Å². The van der Waals surface area contributed by atoms with Crippen LogP contribution in [0.15, 0.2) is 18.2 Å². The molecule has 0 saturated heterocycles. The van der Waals surface area contributed by atoms with Crippen molar-refractivity contribution in [3.8, 4) is 5.75 Å². The lowest BCUT2D eigenvalue weighted by atomic mass is 10.1. The smallest absolute Gasteiger partial charge is 0.311 e. The minimum Gasteiger partial charge on any atom is -0.487 e. The number of nitrogens with one attached hydrogen (secondary N) is 1. The maximum absolute atomic E-state index is 11.9. The number of hydrogen-bond acceptors (Lipinski definition) is 5. The average Bonchev–Trinajstić information content (AvgIpc) is 2.37. The standard InChI is InChI=1S/C13H16N2O6/c1-3-21-11-5-4-9(7-10(11)15(19)20)13(18)14-8(2)6-12(16)17/h4-5,7-8H,3,6H2,1-2H3,(H,14,18)(H,16,17). The second-order valence-corrected chi connectivity index (χ2v) is 4.34. The molecule has 1 unspecified atom stereocenters. The summed E-state index contributed by atoms with van der Waals surface area (Å²) in [4.78, 5) is 32.8. The van der Waals surface area contributed by atoms with Crippen molar-refractivity contribution in [2.45, 2.75) is 26.3 Å². The predicted octanol–water partition coefficient (Wildman–Crippen LogP) is 1.59. The van der Waals surface area contributed by atoms with E-state index in [4.69, 9.17) is 9.84 Å². The zero-order valence-electron chi connectivity index (χ0n) is 11.7. The number of nitrogens with zero attached hydrogens (tertiary/aromatic N) is 1. The highest BCUT2D eigenvalue weighted by Gasteiger charge is 2.19. The molecule has 0 aliphatic heterocycles. The number of hydrogen-bond donors (Lipinski definition) is 2. The number of carbonyl (C=O) groups is 2. The van der Waals surface area contributed by atoms with Gasteiger partial charge in [0.15, 0.2) is 5.75 Å². The number of amides is 1. The second kappa shape index (κ2) is 7.22. The van der Waals surface area contributed by atoms with E-state index in [1.54, 1.807) is 6.92 Å². The van der Waals surface area contributed by atoms with E-state index in [1.165, 1.54) is 19.1 Å². The molecule has 21 heavy (non-hydrogen) atoms. The highest BCUT2D eigenvalue weighted by molar-refractivity contribution is 5.95. The van der Waals surface area contributed by atoms with E-state index in [0.29, 0.717) is 0 Å². The number of rotatable bonds is 7. The number of carboxylic acid groups (broad SMARTS) is 1. The normalized spacial score (nSPS) is 11.5. The molecule has 114 valence electrons. The van der Waals surface area contributed by atoms with Crippen LogP contribution in [0.4, 0.5) is 5.69 Å². The molecule has 0 aromatic heterocycles. The van der Waals surface area contributed by atoms with Gasteiger partial charge in [0.25, 0.3) is 5.91 Å². The Kier molecular flexibility index (Phi) is 5.65. The highest BCUT2D eigenvalue weighted by atomic mass is 16.6. The van der Waals surface area contributed by atoms with Gasteiger partial charge >= 0.3 is 11.7 Å². The third-order valence-corrected chi connectivity index (χ3v) is 2.58. The van der Waals surface area contributed by atoms with E-state index in [-0.39, 0.29) is 30.0 Å². The summed E-state index contributed by atoms with van der Waals surface area (Å²) >= 11 is 0. The molecule has 1 aromatic carbocycles. The molecular weight excluding hydrogens is 280 g/mol. The Bertz CT molecular complexity index is 558. The minimum atomic E-state index is -1.04. The lowest BCUT2D eigenvalue weighted by Gasteiger charge is -2.12. The topological polar surface area (TPSA) is 119 Å². The van der Waals surface area contributed by atoms with E-state index >= 15 is 0 Å². The lowest BCUT2D eigenvalue weighted by molar-refractivity contribution is -0.385. The van der Waals surface area contributed by atoms with Crippen molar-refractivity contribution in [2.24, 2.45) is 0 Å². The molecule has 1 rings (SSSR count). The van der Waals surface area contributed by atoms with Gasteiger partial charge in [-0.1, -0.05) is 0 Å². The molecule has 0 spiro atoms. The van der Waals surface area contributed by atoms with E-state index < -0.39 is 22.8 Å². The molecule has 0 heterocycles. The van der Waals surface area contributed by atoms with Gasteiger partial charge in [0.1, 0.15) is 0 Å². The minimum absolute atomic E-state index is 0.0717. The summed E-state index contributed by atoms with van der Waals surface area (Å²) in [5.41, 5.74) is -0.238. The zero-order valence-corrected chi connectivity index (χ0v) is 11.7. The summed E-state index contributed by atoms with van der Waals surface area (Å²) in [6.07, 6.45) is -0.231. The number of carboxylic acids is 1. The summed E-state index contributed by atoms with van der Waals surface area (Å²) in [6, 6.07) is 3.26. The van der Waals surface area contributed by atoms with Gasteiger partial charge in [-0.05, 0) is 26.0 Å². The van der Waals surface area contributed by atoms with Crippen molar-refractivity contribution in [2.75, 3.05) is 6.61 Å². The van der Waals surface area contributed by atoms with Crippen molar-refractivity contribution in [1.82, 2.24) is 5.32 Å². The van der Waals surface area contributed by atoms with Gasteiger partial charge < -0.3 is 15.2 Å². The quantitative estimate of drug-likeness (QED) is 0.582. The van der Waals surface area contributed by atoms with Crippen molar-refractivity contribution >= 4 is 17.6 Å². The fourth-order valence-electron chi connectivity index (χ4n) is 1.70. The summed E-state index contributed by atoms with van der Waals surface area (Å²) < 4.78 is 5.12. The molecule has 0 fully saturated rings. The number of aliphatic carboxylic acids is 1. The molecule has 2 N–H and O–H groups in total. The molecular formula is C13H16N2O6. The molecule has 1 aromatic rings. The first-order valence-electron chi connectivity index (χ1n) is 6.29. The van der Waals surface area contributed by atoms with Crippen LogP contribution in [0.2, 0.25) is 0 Å². The Morgan fingerprint density at radius 1 is 1.48 bits per heavy atom. The number of nitro benzene ring substituents is 1. The Labute approximate surface area is 120 Å². The van der Waals surface area contributed by atoms with Crippen LogP contribution in [0.1, 0.15) is 30.6 Å². The fraction of sp³-hybridized carbons (Fsp3) is 0.385. The van der Waals surface area contributed by atoms with Gasteiger partial charge in [0.05, 0.1) is 18.0 Å². The summed E-state index contributed by atoms with van der Waals surface area (Å²) in [7, 11) is 0. The van der Waals surface area contributed by atoms with Crippen LogP contribution >= 0.6 is 0 Å². The van der Waals surface area contributed by atoms with Crippen LogP contribution in [-0.2, 0) is 4.79 Å². The molecule has 8 heteroatoms. The summed E-state index contributed by atoms with van der Waals surface area (Å²) in [5.74, 6) is -1.53. The maximum atomic E-state index is 11.9. The van der Waals surface area contributed by atoms with Gasteiger partial charge in [0, 0.05) is 17.7 Å². The molecule has 1 atom stereocenters. The number of ether oxygens (including phenoxy) is 1. The SMILES string of the molecule is CCOc1ccc(C(=O)NC(C)CC(=O)O)cc1[N+](=O)[O-]. The third-order valence-electron chi connectivity index (χ3n) is 2.58. The Morgan fingerprint density at radius 3 is 2.67 bits per heavy atom. The first-order valence-corrected chi connectivity index (χ1v) is 6.29. The van der Waals surface area contributed by atoms with Crippen LogP contribution in [0.25, 0.3) is 0 Å². The fourth-order valence-corrected chi connectivity index (χ4v) is 1.70. The first-order chi connectivity index (χ1) is 9.85. The van der Waals surface area contributed by atoms with Crippen molar-refractivity contribution in [3.63, 3.8) is 0 Å². The molecule has 1 amide bonds. The van der Waals surface area contributed by atoms with Crippen LogP contribution in [0.3, 0.4) is 0 Å². The molecule has 0 saturated carbocycles. The van der Waals surface area contributed by atoms with Gasteiger partial charge in [-0.3, -0.25) is 19.7 Å². The molecule has 0 radical (unpaired) electrons. The van der Waals surface area contributed by atoms with Crippen molar-refractivity contribution in [3.05, 3.63) is 33.9 Å². The van der Waals surface area contributed by atoms with E-state index in [2.05, 4.69) is 5.32 Å². The number of carbonyl (C=O) groups excluding carboxylic acids is 1. The Hall–Kier alpha value is -2.64. The molecule has 0 aliphatic carbocycles. The highest BCUT2D eigenvalue weighted by Crippen LogP contribution is 2.27. The monoisotopic (exact) mass is 296 g/mol. The van der Waals surface area contributed by atoms with Crippen LogP contribution in [0.5, 0.6) is 5.75 Å². The molecule has 0 aliphatic rings. The van der Waals surface area contributed by atoms with Gasteiger partial charge in [-0.2, -0.15) is 0 Å². The van der Waals surface area contributed by atoms with E-state index in [0.717, 1.165) is 6.07 Å². The zero-order chi connectivity index (χ0) is 16.0. The van der Waals surface area contributed by atoms with E-state index in [9.17, 15) is 19.7 Å². The first kappa shape index (κ1) is 16.4. The largest absolute Gasteiger partial charge is 0.487 e. The Balaban J connectivity index is 2.93. The maximum Gasteiger partial charge on any atom is 0.311 e. The Morgan fingerprint density at radius 2 is 2.14 bits per heavy atom. The van der Waals surface area contributed by atoms with Gasteiger partial charge in [-0.25, -0.2) is 0 Å². The van der Waals surface area contributed by atoms with Crippen LogP contribution in [0, 0.1) is 10.1 Å². The molecule has 0 bridgehead atoms. The predicted molar refractivity (Wildman–Crippen MR) is 73.4 cm³/mol. The average molecular weight is 296 g/mol. The molecule has 8 nitrogen and oxygen atoms in total. The van der Waals surface area contributed by atoms with Crippen molar-refractivity contribution in [1.29, 1.82) is 0 Å². The number of nitro groups is 1. The van der Waals surface area contributed by atoms with Gasteiger partial charge in [0.2, 0.25) is 0 Å².